The molecule has 1 rings (SSSR count). The molecular weight excluding hydrogens is 288 g/mol. The molecule has 0 aliphatic rings. The topological polar surface area (TPSA) is 127 Å². The molecule has 0 aromatic heterocycles. The van der Waals surface area contributed by atoms with E-state index < -0.39 is 32.6 Å². The monoisotopic (exact) mass is 298 g/mol. The maximum atomic E-state index is 12.1. The Labute approximate surface area is 114 Å². The minimum Gasteiger partial charge on any atom is -0.449 e. The van der Waals surface area contributed by atoms with Gasteiger partial charge in [0.1, 0.15) is 6.07 Å². The largest absolute Gasteiger partial charge is 0.449 e. The zero-order valence-corrected chi connectivity index (χ0v) is 11.2. The maximum absolute atomic E-state index is 12.1. The van der Waals surface area contributed by atoms with E-state index in [0.29, 0.717) is 0 Å². The first kappa shape index (κ1) is 15.6. The molecule has 0 fully saturated rings. The first-order valence-corrected chi connectivity index (χ1v) is 6.87. The number of carbonyl (C=O) groups excluding carboxylic acids is 1. The minimum absolute atomic E-state index is 0.232. The number of non-ortho nitro benzene ring substituents is 1. The summed E-state index contributed by atoms with van der Waals surface area (Å²) in [5, 5.41) is 17.2. The van der Waals surface area contributed by atoms with Crippen molar-refractivity contribution in [2.24, 2.45) is 0 Å². The van der Waals surface area contributed by atoms with Crippen LogP contribution in [0.5, 0.6) is 0 Å². The third kappa shape index (κ3) is 3.30. The molecule has 1 aromatic carbocycles. The lowest BCUT2D eigenvalue weighted by Gasteiger charge is -2.11. The van der Waals surface area contributed by atoms with E-state index in [2.05, 4.69) is 4.74 Å². The number of hydrogen-bond donors (Lipinski definition) is 0. The highest BCUT2D eigenvalue weighted by Gasteiger charge is 2.31. The van der Waals surface area contributed by atoms with Crippen LogP contribution in [0.25, 0.3) is 0 Å². The fraction of sp³-hybridized carbons (Fsp3) is 0.273. The average Bonchev–Trinajstić information content (AvgIpc) is 2.43. The maximum Gasteiger partial charge on any atom is 0.325 e. The van der Waals surface area contributed by atoms with Gasteiger partial charge >= 0.3 is 5.97 Å². The van der Waals surface area contributed by atoms with Crippen LogP contribution in [0, 0.1) is 21.4 Å². The highest BCUT2D eigenvalue weighted by Crippen LogP contribution is 2.20. The lowest BCUT2D eigenvalue weighted by atomic mass is 10.3. The smallest absolute Gasteiger partial charge is 0.325 e. The van der Waals surface area contributed by atoms with Crippen LogP contribution < -0.4 is 0 Å². The van der Waals surface area contributed by atoms with Crippen LogP contribution in [-0.4, -0.2) is 31.2 Å². The fourth-order valence-electron chi connectivity index (χ4n) is 1.31. The van der Waals surface area contributed by atoms with E-state index in [1.165, 1.54) is 0 Å². The van der Waals surface area contributed by atoms with Gasteiger partial charge in [-0.2, -0.15) is 5.26 Å². The van der Waals surface area contributed by atoms with E-state index in [9.17, 15) is 23.3 Å². The summed E-state index contributed by atoms with van der Waals surface area (Å²) < 4.78 is 28.6. The van der Waals surface area contributed by atoms with Gasteiger partial charge in [0.15, 0.2) is 21.7 Å². The molecule has 106 valence electrons. The van der Waals surface area contributed by atoms with Crippen LogP contribution in [0.1, 0.15) is 6.92 Å². The molecule has 0 aliphatic carbocycles. The number of sulfone groups is 1. The Balaban J connectivity index is 3.01. The Kier molecular flexibility index (Phi) is 4.77. The van der Waals surface area contributed by atoms with Crippen molar-refractivity contribution in [3.8, 4) is 6.07 Å². The molecule has 8 nitrogen and oxygen atoms in total. The van der Waals surface area contributed by atoms with Crippen LogP contribution in [0.4, 0.5) is 5.69 Å². The van der Waals surface area contributed by atoms with Crippen molar-refractivity contribution in [1.29, 1.82) is 5.26 Å². The Morgan fingerprint density at radius 3 is 2.45 bits per heavy atom. The highest BCUT2D eigenvalue weighted by molar-refractivity contribution is 7.92. The van der Waals surface area contributed by atoms with Crippen LogP contribution in [0.15, 0.2) is 29.2 Å². The molecule has 0 heterocycles. The zero-order valence-electron chi connectivity index (χ0n) is 10.3. The third-order valence-corrected chi connectivity index (χ3v) is 4.51. The van der Waals surface area contributed by atoms with Gasteiger partial charge in [-0.3, -0.25) is 14.9 Å². The van der Waals surface area contributed by atoms with Crippen molar-refractivity contribution in [3.63, 3.8) is 0 Å². The molecule has 9 heteroatoms. The number of rotatable bonds is 5. The molecule has 0 radical (unpaired) electrons. The number of ether oxygens (including phenoxy) is 1. The summed E-state index contributed by atoms with van der Waals surface area (Å²) in [6.45, 7) is 0.579. The van der Waals surface area contributed by atoms with Gasteiger partial charge in [-0.15, -0.1) is 0 Å². The van der Waals surface area contributed by atoms with Crippen LogP contribution in [0.3, 0.4) is 0 Å². The van der Waals surface area contributed by atoms with Crippen molar-refractivity contribution in [1.82, 2.24) is 0 Å². The summed E-state index contributed by atoms with van der Waals surface area (Å²) in [5.41, 5.74) is -0.260. The van der Waals surface area contributed by atoms with Gasteiger partial charge in [-0.1, -0.05) is 0 Å². The molecule has 0 aliphatic heterocycles. The van der Waals surface area contributed by atoms with Crippen molar-refractivity contribution in [2.45, 2.75) is 17.1 Å². The number of nitro groups is 1. The van der Waals surface area contributed by atoms with Crippen LogP contribution >= 0.6 is 0 Å². The standard InChI is InChI=1S/C11H10N2O6S/c1-8(11(14)19-7-6-12)20(17,18)10-4-2-9(3-5-10)13(15)16/h2-5,8H,7H2,1H3/t8-/m0/s1. The number of nitro benzene ring substituents is 1. The number of hydrogen-bond acceptors (Lipinski definition) is 7. The highest BCUT2D eigenvalue weighted by atomic mass is 32.2. The van der Waals surface area contributed by atoms with E-state index in [-0.39, 0.29) is 10.6 Å². The summed E-state index contributed by atoms with van der Waals surface area (Å²) >= 11 is 0. The molecule has 0 N–H and O–H groups in total. The second kappa shape index (κ2) is 6.12. The quantitative estimate of drug-likeness (QED) is 0.447. The summed E-state index contributed by atoms with van der Waals surface area (Å²) in [4.78, 5) is 21.0. The van der Waals surface area contributed by atoms with Gasteiger partial charge in [0.2, 0.25) is 0 Å². The third-order valence-electron chi connectivity index (χ3n) is 2.45. The van der Waals surface area contributed by atoms with Crippen LogP contribution in [0.2, 0.25) is 0 Å². The summed E-state index contributed by atoms with van der Waals surface area (Å²) in [6.07, 6.45) is 0. The predicted octanol–water partition coefficient (Wildman–Crippen LogP) is 0.824. The molecule has 0 saturated carbocycles. The van der Waals surface area contributed by atoms with E-state index >= 15 is 0 Å². The fourth-order valence-corrected chi connectivity index (χ4v) is 2.55. The van der Waals surface area contributed by atoms with E-state index in [1.54, 1.807) is 6.07 Å². The van der Waals surface area contributed by atoms with Gasteiger partial charge in [0.05, 0.1) is 9.82 Å². The van der Waals surface area contributed by atoms with Crippen molar-refractivity contribution < 1.29 is 22.9 Å². The number of nitriles is 1. The molecule has 0 spiro atoms. The molecule has 0 saturated heterocycles. The number of carbonyl (C=O) groups is 1. The molecule has 1 aromatic rings. The lowest BCUT2D eigenvalue weighted by molar-refractivity contribution is -0.384. The SMILES string of the molecule is C[C@@H](C(=O)OCC#N)S(=O)(=O)c1ccc([N+](=O)[O-])cc1. The Hall–Kier alpha value is -2.47. The number of benzene rings is 1. The van der Waals surface area contributed by atoms with Crippen molar-refractivity contribution in [2.75, 3.05) is 6.61 Å². The van der Waals surface area contributed by atoms with Gasteiger partial charge < -0.3 is 4.74 Å². The number of esters is 1. The normalized spacial score (nSPS) is 12.2. The Morgan fingerprint density at radius 1 is 1.45 bits per heavy atom. The molecule has 1 atom stereocenters. The second-order valence-electron chi connectivity index (χ2n) is 3.70. The molecule has 20 heavy (non-hydrogen) atoms. The second-order valence-corrected chi connectivity index (χ2v) is 5.97. The predicted molar refractivity (Wildman–Crippen MR) is 66.3 cm³/mol. The minimum atomic E-state index is -4.02. The molecule has 0 bridgehead atoms. The van der Waals surface area contributed by atoms with Crippen molar-refractivity contribution in [3.05, 3.63) is 34.4 Å². The number of nitrogens with zero attached hydrogens (tertiary/aromatic N) is 2. The Morgan fingerprint density at radius 2 is 2.00 bits per heavy atom. The zero-order chi connectivity index (χ0) is 15.3. The Bertz CT molecular complexity index is 659. The van der Waals surface area contributed by atoms with Gasteiger partial charge in [-0.05, 0) is 19.1 Å². The van der Waals surface area contributed by atoms with Gasteiger partial charge in [0, 0.05) is 12.1 Å². The first-order chi connectivity index (χ1) is 9.30. The molecule has 0 amide bonds. The van der Waals surface area contributed by atoms with E-state index in [0.717, 1.165) is 31.2 Å². The summed E-state index contributed by atoms with van der Waals surface area (Å²) in [5.74, 6) is -1.05. The van der Waals surface area contributed by atoms with Crippen molar-refractivity contribution >= 4 is 21.5 Å². The van der Waals surface area contributed by atoms with E-state index in [4.69, 9.17) is 5.26 Å². The first-order valence-electron chi connectivity index (χ1n) is 5.32. The van der Waals surface area contributed by atoms with E-state index in [1.807, 2.05) is 0 Å². The summed E-state index contributed by atoms with van der Waals surface area (Å²) in [7, 11) is -4.02. The molecule has 0 unspecified atom stereocenters. The van der Waals surface area contributed by atoms with Gasteiger partial charge in [-0.25, -0.2) is 8.42 Å². The lowest BCUT2D eigenvalue weighted by Crippen LogP contribution is -2.29. The summed E-state index contributed by atoms with van der Waals surface area (Å²) in [6, 6.07) is 5.69. The van der Waals surface area contributed by atoms with Gasteiger partial charge in [0.25, 0.3) is 5.69 Å². The van der Waals surface area contributed by atoms with Crippen LogP contribution in [-0.2, 0) is 19.4 Å². The molecular formula is C11H10N2O6S. The average molecular weight is 298 g/mol.